The zero-order chi connectivity index (χ0) is 6.85. The van der Waals surface area contributed by atoms with Crippen LogP contribution in [-0.4, -0.2) is 9.91 Å². The molecule has 9 heavy (non-hydrogen) atoms. The van der Waals surface area contributed by atoms with Gasteiger partial charge in [0.05, 0.1) is 4.20 Å². The average Bonchev–Trinajstić information content (AvgIpc) is 2.13. The Morgan fingerprint density at radius 2 is 2.44 bits per heavy atom. The average molecular weight is 159 g/mol. The van der Waals surface area contributed by atoms with Gasteiger partial charge in [-0.2, -0.15) is 0 Å². The van der Waals surface area contributed by atoms with Gasteiger partial charge in [0.25, 0.3) is 0 Å². The van der Waals surface area contributed by atoms with Crippen LogP contribution >= 0.6 is 24.8 Å². The van der Waals surface area contributed by atoms with E-state index in [9.17, 15) is 0 Å². The maximum atomic E-state index is 7.40. The standard InChI is InChI=1S/C6H9NS2/c7-5-3-1-2-4(5)6(8)9/h4,7H,1-3H2,(H,8,9). The second-order valence-electron chi connectivity index (χ2n) is 2.31. The summed E-state index contributed by atoms with van der Waals surface area (Å²) >= 11 is 8.90. The Kier molecular flexibility index (Phi) is 2.24. The molecule has 0 heterocycles. The van der Waals surface area contributed by atoms with E-state index in [-0.39, 0.29) is 5.92 Å². The van der Waals surface area contributed by atoms with Gasteiger partial charge in [0.2, 0.25) is 0 Å². The molecule has 0 amide bonds. The Labute approximate surface area is 65.8 Å². The Bertz CT molecular complexity index is 153. The van der Waals surface area contributed by atoms with Crippen LogP contribution in [0.3, 0.4) is 0 Å². The summed E-state index contributed by atoms with van der Waals surface area (Å²) in [6, 6.07) is 0. The van der Waals surface area contributed by atoms with Gasteiger partial charge >= 0.3 is 0 Å². The Morgan fingerprint density at radius 3 is 2.67 bits per heavy atom. The van der Waals surface area contributed by atoms with Crippen molar-refractivity contribution in [3.63, 3.8) is 0 Å². The van der Waals surface area contributed by atoms with E-state index in [1.165, 1.54) is 0 Å². The maximum Gasteiger partial charge on any atom is 0.0535 e. The van der Waals surface area contributed by atoms with Crippen molar-refractivity contribution in [2.45, 2.75) is 19.3 Å². The lowest BCUT2D eigenvalue weighted by molar-refractivity contribution is 0.825. The predicted octanol–water partition coefficient (Wildman–Crippen LogP) is 2.06. The highest BCUT2D eigenvalue weighted by atomic mass is 32.1. The van der Waals surface area contributed by atoms with Gasteiger partial charge in [-0.25, -0.2) is 0 Å². The first-order chi connectivity index (χ1) is 4.22. The van der Waals surface area contributed by atoms with Crippen molar-refractivity contribution in [3.05, 3.63) is 0 Å². The maximum absolute atomic E-state index is 7.40. The van der Waals surface area contributed by atoms with Crippen molar-refractivity contribution in [1.82, 2.24) is 0 Å². The second-order valence-corrected chi connectivity index (χ2v) is 3.53. The van der Waals surface area contributed by atoms with Crippen LogP contribution < -0.4 is 0 Å². The largest absolute Gasteiger partial charge is 0.309 e. The van der Waals surface area contributed by atoms with Gasteiger partial charge in [0, 0.05) is 11.6 Å². The molecule has 0 aliphatic heterocycles. The molecule has 0 aromatic carbocycles. The molecule has 0 spiro atoms. The highest BCUT2D eigenvalue weighted by Crippen LogP contribution is 2.24. The molecule has 1 rings (SSSR count). The van der Waals surface area contributed by atoms with Crippen LogP contribution in [0.5, 0.6) is 0 Å². The zero-order valence-electron chi connectivity index (χ0n) is 5.05. The number of nitrogens with one attached hydrogen (secondary N) is 1. The molecule has 0 radical (unpaired) electrons. The van der Waals surface area contributed by atoms with Crippen LogP contribution in [-0.2, 0) is 0 Å². The van der Waals surface area contributed by atoms with E-state index >= 15 is 0 Å². The van der Waals surface area contributed by atoms with E-state index < -0.39 is 0 Å². The minimum Gasteiger partial charge on any atom is -0.309 e. The summed E-state index contributed by atoms with van der Waals surface area (Å²) in [5, 5.41) is 7.40. The summed E-state index contributed by atoms with van der Waals surface area (Å²) in [7, 11) is 0. The van der Waals surface area contributed by atoms with Gasteiger partial charge in [-0.1, -0.05) is 12.2 Å². The van der Waals surface area contributed by atoms with Crippen LogP contribution in [0.2, 0.25) is 0 Å². The molecule has 1 unspecified atom stereocenters. The first kappa shape index (κ1) is 7.22. The first-order valence-corrected chi connectivity index (χ1v) is 3.87. The monoisotopic (exact) mass is 159 g/mol. The topological polar surface area (TPSA) is 23.9 Å². The first-order valence-electron chi connectivity index (χ1n) is 3.02. The summed E-state index contributed by atoms with van der Waals surface area (Å²) in [4.78, 5) is 0. The Morgan fingerprint density at radius 1 is 1.78 bits per heavy atom. The van der Waals surface area contributed by atoms with Gasteiger partial charge in [-0.15, -0.1) is 12.6 Å². The third kappa shape index (κ3) is 1.52. The summed E-state index contributed by atoms with van der Waals surface area (Å²) < 4.78 is 0.692. The van der Waals surface area contributed by atoms with Crippen LogP contribution in [0.25, 0.3) is 0 Å². The van der Waals surface area contributed by atoms with E-state index in [1.807, 2.05) is 0 Å². The number of thiol groups is 1. The molecule has 1 nitrogen and oxygen atoms in total. The highest BCUT2D eigenvalue weighted by Gasteiger charge is 2.22. The smallest absolute Gasteiger partial charge is 0.0535 e. The minimum absolute atomic E-state index is 0.211. The van der Waals surface area contributed by atoms with E-state index in [1.54, 1.807) is 0 Å². The molecular formula is C6H9NS2. The van der Waals surface area contributed by atoms with Crippen LogP contribution in [0, 0.1) is 11.3 Å². The third-order valence-electron chi connectivity index (χ3n) is 1.66. The second kappa shape index (κ2) is 2.80. The van der Waals surface area contributed by atoms with Crippen LogP contribution in [0.1, 0.15) is 19.3 Å². The molecular weight excluding hydrogens is 150 g/mol. The normalized spacial score (nSPS) is 26.8. The molecule has 1 aliphatic rings. The van der Waals surface area contributed by atoms with Crippen molar-refractivity contribution in [1.29, 1.82) is 5.41 Å². The molecule has 1 aliphatic carbocycles. The summed E-state index contributed by atoms with van der Waals surface area (Å²) in [5.74, 6) is 0.211. The van der Waals surface area contributed by atoms with Crippen molar-refractivity contribution in [2.24, 2.45) is 5.92 Å². The lowest BCUT2D eigenvalue weighted by Gasteiger charge is -2.03. The molecule has 3 heteroatoms. The van der Waals surface area contributed by atoms with Gasteiger partial charge in [-0.05, 0) is 19.3 Å². The summed E-state index contributed by atoms with van der Waals surface area (Å²) in [6.07, 6.45) is 3.08. The molecule has 0 bridgehead atoms. The molecule has 1 fully saturated rings. The third-order valence-corrected chi connectivity index (χ3v) is 2.25. The molecule has 1 saturated carbocycles. The van der Waals surface area contributed by atoms with Crippen molar-refractivity contribution >= 4 is 34.8 Å². The van der Waals surface area contributed by atoms with Gasteiger partial charge in [0.15, 0.2) is 0 Å². The molecule has 50 valence electrons. The van der Waals surface area contributed by atoms with Crippen LogP contribution in [0.15, 0.2) is 0 Å². The number of hydrogen-bond donors (Lipinski definition) is 2. The fourth-order valence-electron chi connectivity index (χ4n) is 1.12. The van der Waals surface area contributed by atoms with Gasteiger partial charge < -0.3 is 5.41 Å². The SMILES string of the molecule is N=C1CCCC1C(=S)S. The quantitative estimate of drug-likeness (QED) is 0.444. The van der Waals surface area contributed by atoms with Crippen molar-refractivity contribution in [3.8, 4) is 0 Å². The van der Waals surface area contributed by atoms with E-state index in [0.717, 1.165) is 25.0 Å². The van der Waals surface area contributed by atoms with E-state index in [0.29, 0.717) is 4.20 Å². The van der Waals surface area contributed by atoms with Crippen molar-refractivity contribution in [2.75, 3.05) is 0 Å². The molecule has 1 N–H and O–H groups in total. The van der Waals surface area contributed by atoms with Gasteiger partial charge in [-0.3, -0.25) is 0 Å². The minimum atomic E-state index is 0.211. The highest BCUT2D eigenvalue weighted by molar-refractivity contribution is 8.11. The van der Waals surface area contributed by atoms with Crippen molar-refractivity contribution < 1.29 is 0 Å². The summed E-state index contributed by atoms with van der Waals surface area (Å²) in [6.45, 7) is 0. The number of rotatable bonds is 1. The number of thiocarbonyl (C=S) groups is 1. The van der Waals surface area contributed by atoms with Crippen LogP contribution in [0.4, 0.5) is 0 Å². The lowest BCUT2D eigenvalue weighted by atomic mass is 10.1. The Balaban J connectivity index is 2.60. The van der Waals surface area contributed by atoms with E-state index in [2.05, 4.69) is 12.6 Å². The Hall–Kier alpha value is 0.110. The lowest BCUT2D eigenvalue weighted by Crippen LogP contribution is -2.10. The molecule has 0 saturated heterocycles. The van der Waals surface area contributed by atoms with E-state index in [4.69, 9.17) is 17.6 Å². The molecule has 0 aromatic rings. The molecule has 0 aromatic heterocycles. The zero-order valence-corrected chi connectivity index (χ0v) is 6.77. The molecule has 1 atom stereocenters. The number of hydrogen-bond acceptors (Lipinski definition) is 2. The predicted molar refractivity (Wildman–Crippen MR) is 46.7 cm³/mol. The fourth-order valence-corrected chi connectivity index (χ4v) is 1.66. The fraction of sp³-hybridized carbons (Fsp3) is 0.667. The van der Waals surface area contributed by atoms with Gasteiger partial charge in [0.1, 0.15) is 0 Å². The summed E-state index contributed by atoms with van der Waals surface area (Å²) in [5.41, 5.74) is 0.773.